The van der Waals surface area contributed by atoms with Crippen LogP contribution in [-0.2, 0) is 4.65 Å². The second-order valence-corrected chi connectivity index (χ2v) is 8.02. The molecule has 1 saturated heterocycles. The second-order valence-electron chi connectivity index (χ2n) is 8.02. The van der Waals surface area contributed by atoms with Gasteiger partial charge in [-0.3, -0.25) is 0 Å². The maximum absolute atomic E-state index is 6.39. The predicted octanol–water partition coefficient (Wildman–Crippen LogP) is 2.97. The van der Waals surface area contributed by atoms with Gasteiger partial charge in [0.2, 0.25) is 0 Å². The summed E-state index contributed by atoms with van der Waals surface area (Å²) in [5.74, 6) is 3.49. The molecular weight excluding hydrogens is 221 g/mol. The van der Waals surface area contributed by atoms with E-state index in [0.29, 0.717) is 24.4 Å². The third-order valence-corrected chi connectivity index (χ3v) is 6.08. The molecule has 3 heteroatoms. The summed E-state index contributed by atoms with van der Waals surface area (Å²) >= 11 is 0. The van der Waals surface area contributed by atoms with Gasteiger partial charge < -0.3 is 10.4 Å². The van der Waals surface area contributed by atoms with Gasteiger partial charge in [0.05, 0.1) is 0 Å². The van der Waals surface area contributed by atoms with Crippen molar-refractivity contribution in [1.82, 2.24) is 0 Å². The van der Waals surface area contributed by atoms with Gasteiger partial charge in [-0.25, -0.2) is 0 Å². The average molecular weight is 249 g/mol. The summed E-state index contributed by atoms with van der Waals surface area (Å²) in [5.41, 5.74) is 6.86. The fourth-order valence-electron chi connectivity index (χ4n) is 4.81. The summed E-state index contributed by atoms with van der Waals surface area (Å²) in [6.07, 6.45) is 5.64. The Kier molecular flexibility index (Phi) is 3.06. The normalized spacial score (nSPS) is 42.7. The van der Waals surface area contributed by atoms with Gasteiger partial charge in [0, 0.05) is 12.0 Å². The van der Waals surface area contributed by atoms with Crippen molar-refractivity contribution in [3.05, 3.63) is 0 Å². The minimum Gasteiger partial charge on any atom is -0.431 e. The molecule has 5 unspecified atom stereocenters. The first-order valence-electron chi connectivity index (χ1n) is 7.80. The Hall–Kier alpha value is -0.0151. The van der Waals surface area contributed by atoms with Crippen LogP contribution in [0.1, 0.15) is 47.0 Å². The first kappa shape index (κ1) is 13.0. The zero-order valence-corrected chi connectivity index (χ0v) is 12.4. The summed E-state index contributed by atoms with van der Waals surface area (Å²) < 4.78 is 6.39. The van der Waals surface area contributed by atoms with Crippen LogP contribution in [0.3, 0.4) is 0 Å². The monoisotopic (exact) mass is 249 g/mol. The van der Waals surface area contributed by atoms with Crippen LogP contribution >= 0.6 is 0 Å². The molecule has 0 aromatic rings. The number of hydrogen-bond acceptors (Lipinski definition) is 2. The van der Waals surface area contributed by atoms with E-state index in [9.17, 15) is 0 Å². The SMILES string of the molecule is CC(C)CC(N)B1CC2CC3CC(C2O1)C3(C)C. The smallest absolute Gasteiger partial charge is 0.310 e. The van der Waals surface area contributed by atoms with Crippen molar-refractivity contribution in [3.63, 3.8) is 0 Å². The third kappa shape index (κ3) is 1.86. The number of hydrogen-bond donors (Lipinski definition) is 1. The van der Waals surface area contributed by atoms with Crippen molar-refractivity contribution >= 4 is 6.92 Å². The quantitative estimate of drug-likeness (QED) is 0.780. The minimum absolute atomic E-state index is 0.246. The van der Waals surface area contributed by atoms with Crippen molar-refractivity contribution in [2.45, 2.75) is 65.3 Å². The van der Waals surface area contributed by atoms with E-state index in [1.54, 1.807) is 0 Å². The Morgan fingerprint density at radius 1 is 1.33 bits per heavy atom. The fourth-order valence-corrected chi connectivity index (χ4v) is 4.81. The highest BCUT2D eigenvalue weighted by molar-refractivity contribution is 6.54. The van der Waals surface area contributed by atoms with E-state index in [1.165, 1.54) is 19.2 Å². The highest BCUT2D eigenvalue weighted by atomic mass is 16.5. The molecule has 0 aromatic carbocycles. The van der Waals surface area contributed by atoms with Gasteiger partial charge in [-0.05, 0) is 54.7 Å². The third-order valence-electron chi connectivity index (χ3n) is 6.08. The van der Waals surface area contributed by atoms with Crippen molar-refractivity contribution in [2.75, 3.05) is 0 Å². The van der Waals surface area contributed by atoms with Gasteiger partial charge in [0.15, 0.2) is 0 Å². The Labute approximate surface area is 112 Å². The number of nitrogens with two attached hydrogens (primary N) is 1. The van der Waals surface area contributed by atoms with Crippen LogP contribution in [0.5, 0.6) is 0 Å². The van der Waals surface area contributed by atoms with Gasteiger partial charge in [0.25, 0.3) is 0 Å². The molecule has 2 bridgehead atoms. The van der Waals surface area contributed by atoms with Crippen molar-refractivity contribution in [3.8, 4) is 0 Å². The standard InChI is InChI=1S/C15H28BNO/c1-9(2)5-13(17)16-8-10-6-11-7-12(14(10)18-16)15(11,3)4/h9-14H,5-8,17H2,1-4H3. The summed E-state index contributed by atoms with van der Waals surface area (Å²) in [6.45, 7) is 9.71. The Morgan fingerprint density at radius 3 is 2.67 bits per heavy atom. The molecule has 3 saturated carbocycles. The molecule has 3 aliphatic carbocycles. The van der Waals surface area contributed by atoms with Crippen LogP contribution in [0.4, 0.5) is 0 Å². The average Bonchev–Trinajstić information content (AvgIpc) is 2.70. The zero-order valence-electron chi connectivity index (χ0n) is 12.4. The Morgan fingerprint density at radius 2 is 2.06 bits per heavy atom. The molecule has 1 aliphatic heterocycles. The van der Waals surface area contributed by atoms with E-state index in [4.69, 9.17) is 10.4 Å². The first-order valence-corrected chi connectivity index (χ1v) is 7.80. The van der Waals surface area contributed by atoms with E-state index < -0.39 is 0 Å². The predicted molar refractivity (Wildman–Crippen MR) is 76.3 cm³/mol. The topological polar surface area (TPSA) is 35.2 Å². The molecule has 0 radical (unpaired) electrons. The molecule has 102 valence electrons. The molecule has 0 amide bonds. The molecule has 4 aliphatic rings. The first-order chi connectivity index (χ1) is 8.39. The van der Waals surface area contributed by atoms with Crippen LogP contribution in [0, 0.1) is 29.1 Å². The van der Waals surface area contributed by atoms with Gasteiger partial charge >= 0.3 is 6.92 Å². The molecule has 1 heterocycles. The fraction of sp³-hybridized carbons (Fsp3) is 1.00. The molecule has 5 atom stereocenters. The van der Waals surface area contributed by atoms with Gasteiger partial charge in [-0.2, -0.15) is 0 Å². The molecular formula is C15H28BNO. The lowest BCUT2D eigenvalue weighted by Gasteiger charge is -2.61. The summed E-state index contributed by atoms with van der Waals surface area (Å²) in [4.78, 5) is 0. The van der Waals surface area contributed by atoms with Crippen LogP contribution in [-0.4, -0.2) is 19.0 Å². The summed E-state index contributed by atoms with van der Waals surface area (Å²) in [7, 11) is 0. The van der Waals surface area contributed by atoms with E-state index in [-0.39, 0.29) is 5.94 Å². The van der Waals surface area contributed by atoms with E-state index in [2.05, 4.69) is 27.7 Å². The largest absolute Gasteiger partial charge is 0.431 e. The zero-order chi connectivity index (χ0) is 13.1. The van der Waals surface area contributed by atoms with Gasteiger partial charge in [0.1, 0.15) is 0 Å². The van der Waals surface area contributed by atoms with Crippen LogP contribution in [0.15, 0.2) is 0 Å². The molecule has 18 heavy (non-hydrogen) atoms. The van der Waals surface area contributed by atoms with Crippen molar-refractivity contribution in [2.24, 2.45) is 34.8 Å². The molecule has 2 nitrogen and oxygen atoms in total. The minimum atomic E-state index is 0.246. The summed E-state index contributed by atoms with van der Waals surface area (Å²) in [6, 6.07) is 0. The second kappa shape index (κ2) is 4.24. The van der Waals surface area contributed by atoms with Crippen LogP contribution in [0.2, 0.25) is 6.32 Å². The lowest BCUT2D eigenvalue weighted by Crippen LogP contribution is -2.57. The van der Waals surface area contributed by atoms with Crippen molar-refractivity contribution in [1.29, 1.82) is 0 Å². The van der Waals surface area contributed by atoms with Gasteiger partial charge in [-0.15, -0.1) is 0 Å². The van der Waals surface area contributed by atoms with Crippen molar-refractivity contribution < 1.29 is 4.65 Å². The molecule has 2 N–H and O–H groups in total. The molecule has 4 rings (SSSR count). The summed E-state index contributed by atoms with van der Waals surface area (Å²) in [5, 5.41) is 0. The van der Waals surface area contributed by atoms with E-state index >= 15 is 0 Å². The lowest BCUT2D eigenvalue weighted by atomic mass is 9.44. The molecule has 4 fully saturated rings. The van der Waals surface area contributed by atoms with E-state index in [0.717, 1.165) is 24.2 Å². The maximum atomic E-state index is 6.39. The molecule has 0 spiro atoms. The highest BCUT2D eigenvalue weighted by Crippen LogP contribution is 2.63. The van der Waals surface area contributed by atoms with E-state index in [1.807, 2.05) is 0 Å². The Bertz CT molecular complexity index is 330. The Balaban J connectivity index is 1.65. The maximum Gasteiger partial charge on any atom is 0.310 e. The number of rotatable bonds is 3. The molecule has 0 aromatic heterocycles. The van der Waals surface area contributed by atoms with Crippen LogP contribution < -0.4 is 5.73 Å². The highest BCUT2D eigenvalue weighted by Gasteiger charge is 2.61. The van der Waals surface area contributed by atoms with Crippen LogP contribution in [0.25, 0.3) is 0 Å². The lowest BCUT2D eigenvalue weighted by molar-refractivity contribution is -0.146. The van der Waals surface area contributed by atoms with Gasteiger partial charge in [-0.1, -0.05) is 27.7 Å².